The molecular weight excluding hydrogens is 418 g/mol. The lowest BCUT2D eigenvalue weighted by molar-refractivity contribution is 0.443. The van der Waals surface area contributed by atoms with Crippen molar-refractivity contribution in [1.82, 2.24) is 0 Å². The number of sulfonamides is 1. The first-order valence-corrected chi connectivity index (χ1v) is 12.4. The summed E-state index contributed by atoms with van der Waals surface area (Å²) in [5.41, 5.74) is 2.13. The molecule has 0 spiro atoms. The highest BCUT2D eigenvalue weighted by Crippen LogP contribution is 2.35. The fourth-order valence-corrected chi connectivity index (χ4v) is 6.14. The lowest BCUT2D eigenvalue weighted by Crippen LogP contribution is -2.13. The number of nitrogens with one attached hydrogen (secondary N) is 1. The van der Waals surface area contributed by atoms with Crippen molar-refractivity contribution in [2.24, 2.45) is 0 Å². The molecule has 154 valence electrons. The SMILES string of the molecule is O=c1oc2c(cc(NS(=O)(=O)c3ccc(C4CCCCC4)cc3)c3ccccc32)s1. The van der Waals surface area contributed by atoms with Crippen LogP contribution in [0.1, 0.15) is 43.6 Å². The number of rotatable bonds is 4. The molecule has 0 atom stereocenters. The van der Waals surface area contributed by atoms with E-state index in [0.29, 0.717) is 32.7 Å². The quantitative estimate of drug-likeness (QED) is 0.432. The highest BCUT2D eigenvalue weighted by atomic mass is 32.2. The predicted octanol–water partition coefficient (Wildman–Crippen LogP) is 5.86. The monoisotopic (exact) mass is 439 g/mol. The second kappa shape index (κ2) is 7.56. The topological polar surface area (TPSA) is 76.4 Å². The minimum absolute atomic E-state index is 0.228. The maximum Gasteiger partial charge on any atom is 0.396 e. The maximum absolute atomic E-state index is 13.1. The number of anilines is 1. The van der Waals surface area contributed by atoms with Crippen LogP contribution in [-0.4, -0.2) is 8.42 Å². The van der Waals surface area contributed by atoms with Crippen molar-refractivity contribution in [2.75, 3.05) is 4.72 Å². The number of hydrogen-bond acceptors (Lipinski definition) is 5. The Morgan fingerprint density at radius 1 is 0.933 bits per heavy atom. The van der Waals surface area contributed by atoms with Crippen LogP contribution in [0.25, 0.3) is 21.1 Å². The molecule has 30 heavy (non-hydrogen) atoms. The maximum atomic E-state index is 13.1. The molecule has 0 saturated heterocycles. The molecule has 7 heteroatoms. The molecule has 1 heterocycles. The van der Waals surface area contributed by atoms with Crippen molar-refractivity contribution in [3.63, 3.8) is 0 Å². The van der Waals surface area contributed by atoms with Gasteiger partial charge in [0.1, 0.15) is 0 Å². The van der Waals surface area contributed by atoms with Gasteiger partial charge in [-0.3, -0.25) is 4.72 Å². The molecule has 1 saturated carbocycles. The third kappa shape index (κ3) is 3.52. The molecule has 1 N–H and O–H groups in total. The summed E-state index contributed by atoms with van der Waals surface area (Å²) in [6.07, 6.45) is 6.11. The molecular formula is C23H21NO4S2. The Balaban J connectivity index is 1.51. The van der Waals surface area contributed by atoms with E-state index in [-0.39, 0.29) is 4.90 Å². The molecule has 5 rings (SSSR count). The molecule has 0 amide bonds. The van der Waals surface area contributed by atoms with Gasteiger partial charge in [-0.1, -0.05) is 67.0 Å². The van der Waals surface area contributed by atoms with E-state index in [9.17, 15) is 13.2 Å². The zero-order chi connectivity index (χ0) is 20.7. The molecule has 5 nitrogen and oxygen atoms in total. The van der Waals surface area contributed by atoms with Gasteiger partial charge in [-0.15, -0.1) is 0 Å². The molecule has 0 radical (unpaired) electrons. The molecule has 1 aromatic heterocycles. The normalized spacial score (nSPS) is 15.6. The molecule has 1 aliphatic carbocycles. The van der Waals surface area contributed by atoms with E-state index in [4.69, 9.17) is 4.42 Å². The van der Waals surface area contributed by atoms with Crippen LogP contribution in [0, 0.1) is 0 Å². The first-order chi connectivity index (χ1) is 14.5. The Morgan fingerprint density at radius 3 is 2.37 bits per heavy atom. The minimum Gasteiger partial charge on any atom is -0.413 e. The zero-order valence-electron chi connectivity index (χ0n) is 16.3. The second-order valence-corrected chi connectivity index (χ2v) is 10.4. The fraction of sp³-hybridized carbons (Fsp3) is 0.261. The van der Waals surface area contributed by atoms with Gasteiger partial charge in [0.15, 0.2) is 5.58 Å². The van der Waals surface area contributed by atoms with Gasteiger partial charge >= 0.3 is 4.94 Å². The Morgan fingerprint density at radius 2 is 1.63 bits per heavy atom. The van der Waals surface area contributed by atoms with Crippen molar-refractivity contribution < 1.29 is 12.8 Å². The summed E-state index contributed by atoms with van der Waals surface area (Å²) in [7, 11) is -3.77. The van der Waals surface area contributed by atoms with Crippen molar-refractivity contribution in [1.29, 1.82) is 0 Å². The lowest BCUT2D eigenvalue weighted by Gasteiger charge is -2.22. The minimum atomic E-state index is -3.77. The van der Waals surface area contributed by atoms with Crippen LogP contribution >= 0.6 is 11.3 Å². The van der Waals surface area contributed by atoms with E-state index in [1.165, 1.54) is 37.7 Å². The van der Waals surface area contributed by atoms with E-state index < -0.39 is 15.0 Å². The van der Waals surface area contributed by atoms with Gasteiger partial charge in [0.2, 0.25) is 0 Å². The lowest BCUT2D eigenvalue weighted by atomic mass is 9.84. The Labute approximate surface area is 178 Å². The van der Waals surface area contributed by atoms with E-state index in [2.05, 4.69) is 4.72 Å². The van der Waals surface area contributed by atoms with Crippen LogP contribution in [0.2, 0.25) is 0 Å². The van der Waals surface area contributed by atoms with Gasteiger partial charge in [-0.25, -0.2) is 13.2 Å². The highest BCUT2D eigenvalue weighted by Gasteiger charge is 2.20. The van der Waals surface area contributed by atoms with E-state index in [0.717, 1.165) is 11.3 Å². The second-order valence-electron chi connectivity index (χ2n) is 7.76. The van der Waals surface area contributed by atoms with Crippen LogP contribution in [0.5, 0.6) is 0 Å². The van der Waals surface area contributed by atoms with Crippen LogP contribution in [0.3, 0.4) is 0 Å². The van der Waals surface area contributed by atoms with Crippen LogP contribution in [-0.2, 0) is 10.0 Å². The van der Waals surface area contributed by atoms with Crippen molar-refractivity contribution in [3.8, 4) is 0 Å². The Bertz CT molecular complexity index is 1380. The molecule has 0 aliphatic heterocycles. The number of fused-ring (bicyclic) bond motifs is 3. The standard InChI is InChI=1S/C23H21NO4S2/c25-23-28-22-19-9-5-4-8-18(19)20(14-21(22)29-23)24-30(26,27)17-12-10-16(11-13-17)15-6-2-1-3-7-15/h4-5,8-15,24H,1-3,6-7H2. The first-order valence-electron chi connectivity index (χ1n) is 10.1. The van der Waals surface area contributed by atoms with Gasteiger partial charge < -0.3 is 4.42 Å². The largest absolute Gasteiger partial charge is 0.413 e. The average molecular weight is 440 g/mol. The van der Waals surface area contributed by atoms with E-state index in [1.54, 1.807) is 18.2 Å². The number of benzene rings is 3. The van der Waals surface area contributed by atoms with Crippen LogP contribution in [0.4, 0.5) is 5.69 Å². The summed E-state index contributed by atoms with van der Waals surface area (Å²) in [5, 5.41) is 1.40. The van der Waals surface area contributed by atoms with Gasteiger partial charge in [-0.2, -0.15) is 0 Å². The van der Waals surface area contributed by atoms with Gasteiger partial charge in [-0.05, 0) is 42.5 Å². The Hall–Kier alpha value is -2.64. The van der Waals surface area contributed by atoms with Crippen molar-refractivity contribution in [3.05, 3.63) is 69.9 Å². The molecule has 0 bridgehead atoms. The van der Waals surface area contributed by atoms with Crippen LogP contribution < -0.4 is 9.66 Å². The first kappa shape index (κ1) is 19.3. The van der Waals surface area contributed by atoms with E-state index in [1.807, 2.05) is 36.4 Å². The van der Waals surface area contributed by atoms with Gasteiger partial charge in [0.25, 0.3) is 10.0 Å². The summed E-state index contributed by atoms with van der Waals surface area (Å²) in [6.45, 7) is 0. The third-order valence-corrected chi connectivity index (χ3v) is 8.01. The molecule has 1 aliphatic rings. The molecule has 3 aromatic carbocycles. The van der Waals surface area contributed by atoms with Crippen molar-refractivity contribution >= 4 is 48.1 Å². The zero-order valence-corrected chi connectivity index (χ0v) is 17.9. The molecule has 1 fully saturated rings. The highest BCUT2D eigenvalue weighted by molar-refractivity contribution is 7.92. The summed E-state index contributed by atoms with van der Waals surface area (Å²) in [6, 6.07) is 16.2. The molecule has 4 aromatic rings. The summed E-state index contributed by atoms with van der Waals surface area (Å²) in [4.78, 5) is 11.5. The van der Waals surface area contributed by atoms with Crippen molar-refractivity contribution in [2.45, 2.75) is 42.9 Å². The summed E-state index contributed by atoms with van der Waals surface area (Å²) < 4.78 is 34.8. The smallest absolute Gasteiger partial charge is 0.396 e. The Kier molecular flexibility index (Phi) is 4.87. The molecule has 0 unspecified atom stereocenters. The van der Waals surface area contributed by atoms with E-state index >= 15 is 0 Å². The van der Waals surface area contributed by atoms with Crippen LogP contribution in [0.15, 0.2) is 68.7 Å². The summed E-state index contributed by atoms with van der Waals surface area (Å²) >= 11 is 0.964. The fourth-order valence-electron chi connectivity index (χ4n) is 4.34. The summed E-state index contributed by atoms with van der Waals surface area (Å²) in [5.74, 6) is 0.527. The predicted molar refractivity (Wildman–Crippen MR) is 121 cm³/mol. The van der Waals surface area contributed by atoms with Gasteiger partial charge in [0.05, 0.1) is 15.3 Å². The average Bonchev–Trinajstić information content (AvgIpc) is 3.15. The van der Waals surface area contributed by atoms with Gasteiger partial charge in [0, 0.05) is 10.8 Å². The number of hydrogen-bond donors (Lipinski definition) is 1. The third-order valence-electron chi connectivity index (χ3n) is 5.85.